The molecule has 30 heavy (non-hydrogen) atoms. The number of carbonyl (C=O) groups is 2. The average molecular weight is 412 g/mol. The summed E-state index contributed by atoms with van der Waals surface area (Å²) in [6.45, 7) is 10.7. The molecule has 2 aromatic carbocycles. The molecule has 0 aromatic heterocycles. The monoisotopic (exact) mass is 411 g/mol. The average Bonchev–Trinajstić information content (AvgIpc) is 2.66. The Morgan fingerprint density at radius 2 is 1.57 bits per heavy atom. The first-order valence-corrected chi connectivity index (χ1v) is 10.3. The smallest absolute Gasteiger partial charge is 0.243 e. The van der Waals surface area contributed by atoms with Gasteiger partial charge in [0.15, 0.2) is 0 Å². The molecule has 2 rings (SSSR count). The lowest BCUT2D eigenvalue weighted by Crippen LogP contribution is -2.27. The molecule has 0 saturated carbocycles. The van der Waals surface area contributed by atoms with E-state index >= 15 is 0 Å². The van der Waals surface area contributed by atoms with Crippen LogP contribution < -0.4 is 20.7 Å². The van der Waals surface area contributed by atoms with Crippen molar-refractivity contribution in [3.8, 4) is 5.75 Å². The molecule has 0 atom stereocenters. The molecule has 0 bridgehead atoms. The van der Waals surface area contributed by atoms with Crippen molar-refractivity contribution in [3.63, 3.8) is 0 Å². The minimum Gasteiger partial charge on any atom is -0.494 e. The van der Waals surface area contributed by atoms with Crippen LogP contribution in [0.25, 0.3) is 0 Å². The van der Waals surface area contributed by atoms with Crippen molar-refractivity contribution in [1.82, 2.24) is 0 Å². The van der Waals surface area contributed by atoms with E-state index in [1.165, 1.54) is 0 Å². The number of ether oxygens (including phenoxy) is 1. The lowest BCUT2D eigenvalue weighted by Gasteiger charge is -2.18. The van der Waals surface area contributed by atoms with Gasteiger partial charge in [0.25, 0.3) is 0 Å². The maximum absolute atomic E-state index is 12.3. The molecule has 0 aliphatic heterocycles. The minimum atomic E-state index is -0.488. The number of rotatable bonds is 9. The number of carbonyl (C=O) groups excluding carboxylic acids is 2. The highest BCUT2D eigenvalue weighted by molar-refractivity contribution is 5.97. The highest BCUT2D eigenvalue weighted by atomic mass is 16.5. The molecule has 162 valence electrons. The van der Waals surface area contributed by atoms with Crippen LogP contribution in [0.2, 0.25) is 0 Å². The van der Waals surface area contributed by atoms with Gasteiger partial charge in [-0.25, -0.2) is 0 Å². The Bertz CT molecular complexity index is 840. The van der Waals surface area contributed by atoms with Crippen molar-refractivity contribution in [3.05, 3.63) is 48.5 Å². The fraction of sp³-hybridized carbons (Fsp3) is 0.417. The molecule has 0 fully saturated rings. The van der Waals surface area contributed by atoms with Crippen molar-refractivity contribution in [2.45, 2.75) is 41.0 Å². The zero-order chi connectivity index (χ0) is 22.1. The van der Waals surface area contributed by atoms with Gasteiger partial charge in [-0.05, 0) is 54.8 Å². The molecular weight excluding hydrogens is 378 g/mol. The van der Waals surface area contributed by atoms with Crippen LogP contribution in [0, 0.1) is 11.3 Å². The van der Waals surface area contributed by atoms with E-state index in [2.05, 4.69) is 29.8 Å². The van der Waals surface area contributed by atoms with Gasteiger partial charge in [-0.1, -0.05) is 40.7 Å². The van der Waals surface area contributed by atoms with Crippen LogP contribution in [0.15, 0.2) is 48.5 Å². The van der Waals surface area contributed by atoms with Gasteiger partial charge in [0.2, 0.25) is 11.8 Å². The molecule has 2 aromatic rings. The third-order valence-electron chi connectivity index (χ3n) is 4.36. The van der Waals surface area contributed by atoms with Gasteiger partial charge in [-0.3, -0.25) is 9.59 Å². The molecule has 0 saturated heterocycles. The van der Waals surface area contributed by atoms with Gasteiger partial charge in [0.1, 0.15) is 5.75 Å². The summed E-state index contributed by atoms with van der Waals surface area (Å²) in [5.74, 6) is 1.18. The van der Waals surface area contributed by atoms with E-state index in [9.17, 15) is 9.59 Å². The van der Waals surface area contributed by atoms with E-state index in [1.807, 2.05) is 45.0 Å². The minimum absolute atomic E-state index is 0.0794. The Morgan fingerprint density at radius 3 is 2.17 bits per heavy atom. The molecule has 2 amide bonds. The summed E-state index contributed by atoms with van der Waals surface area (Å²) < 4.78 is 5.70. The number of amides is 2. The number of hydrogen-bond donors (Lipinski definition) is 3. The van der Waals surface area contributed by atoms with E-state index in [1.54, 1.807) is 24.3 Å². The van der Waals surface area contributed by atoms with Crippen LogP contribution in [-0.2, 0) is 9.59 Å². The summed E-state index contributed by atoms with van der Waals surface area (Å²) in [6.07, 6.45) is 1.02. The van der Waals surface area contributed by atoms with E-state index in [4.69, 9.17) is 4.74 Å². The summed E-state index contributed by atoms with van der Waals surface area (Å²) in [7, 11) is 0. The Kier molecular flexibility index (Phi) is 8.27. The maximum atomic E-state index is 12.3. The van der Waals surface area contributed by atoms with Crippen molar-refractivity contribution < 1.29 is 14.3 Å². The van der Waals surface area contributed by atoms with E-state index < -0.39 is 5.41 Å². The first-order valence-electron chi connectivity index (χ1n) is 10.3. The van der Waals surface area contributed by atoms with Crippen LogP contribution >= 0.6 is 0 Å². The van der Waals surface area contributed by atoms with E-state index in [0.717, 1.165) is 17.9 Å². The summed E-state index contributed by atoms with van der Waals surface area (Å²) in [4.78, 5) is 24.4. The van der Waals surface area contributed by atoms with Gasteiger partial charge in [-0.2, -0.15) is 0 Å². The second kappa shape index (κ2) is 10.7. The fourth-order valence-corrected chi connectivity index (χ4v) is 2.46. The SMILES string of the molecule is CC(C)CCOc1ccc(NCC(=O)Nc2cccc(NC(=O)C(C)(C)C)c2)cc1. The van der Waals surface area contributed by atoms with Crippen LogP contribution in [0.1, 0.15) is 41.0 Å². The zero-order valence-corrected chi connectivity index (χ0v) is 18.5. The van der Waals surface area contributed by atoms with Gasteiger partial charge >= 0.3 is 0 Å². The maximum Gasteiger partial charge on any atom is 0.243 e. The second-order valence-corrected chi connectivity index (χ2v) is 8.74. The molecule has 0 radical (unpaired) electrons. The summed E-state index contributed by atoms with van der Waals surface area (Å²) in [6, 6.07) is 14.7. The molecule has 0 unspecified atom stereocenters. The van der Waals surface area contributed by atoms with Crippen molar-refractivity contribution >= 4 is 28.9 Å². The summed E-state index contributed by atoms with van der Waals surface area (Å²) in [5.41, 5.74) is 1.63. The number of benzene rings is 2. The van der Waals surface area contributed by atoms with Crippen LogP contribution in [0.4, 0.5) is 17.1 Å². The second-order valence-electron chi connectivity index (χ2n) is 8.74. The first kappa shape index (κ1) is 23.3. The van der Waals surface area contributed by atoms with Gasteiger partial charge in [-0.15, -0.1) is 0 Å². The third-order valence-corrected chi connectivity index (χ3v) is 4.36. The summed E-state index contributed by atoms with van der Waals surface area (Å²) in [5, 5.41) is 8.79. The van der Waals surface area contributed by atoms with Gasteiger partial charge in [0.05, 0.1) is 13.2 Å². The first-order chi connectivity index (χ1) is 14.1. The molecular formula is C24H33N3O3. The standard InChI is InChI=1S/C24H33N3O3/c1-17(2)13-14-30-21-11-9-18(10-12-21)25-16-22(28)26-19-7-6-8-20(15-19)27-23(29)24(3,4)5/h6-12,15,17,25H,13-14,16H2,1-5H3,(H,26,28)(H,27,29). The Hall–Kier alpha value is -3.02. The van der Waals surface area contributed by atoms with Crippen LogP contribution in [-0.4, -0.2) is 25.0 Å². The highest BCUT2D eigenvalue weighted by Crippen LogP contribution is 2.20. The molecule has 0 heterocycles. The molecule has 3 N–H and O–H groups in total. The molecule has 0 aliphatic rings. The number of hydrogen-bond acceptors (Lipinski definition) is 4. The predicted octanol–water partition coefficient (Wildman–Crippen LogP) is 5.15. The molecule has 0 aliphatic carbocycles. The molecule has 6 heteroatoms. The quantitative estimate of drug-likeness (QED) is 0.533. The fourth-order valence-electron chi connectivity index (χ4n) is 2.46. The van der Waals surface area contributed by atoms with Crippen molar-refractivity contribution in [2.24, 2.45) is 11.3 Å². The van der Waals surface area contributed by atoms with Gasteiger partial charge < -0.3 is 20.7 Å². The van der Waals surface area contributed by atoms with Crippen LogP contribution in [0.3, 0.4) is 0 Å². The summed E-state index contributed by atoms with van der Waals surface area (Å²) >= 11 is 0. The van der Waals surface area contributed by atoms with E-state index in [-0.39, 0.29) is 18.4 Å². The number of anilines is 3. The lowest BCUT2D eigenvalue weighted by molar-refractivity contribution is -0.123. The Morgan fingerprint density at radius 1 is 0.933 bits per heavy atom. The Labute approximate surface area is 179 Å². The van der Waals surface area contributed by atoms with Crippen molar-refractivity contribution in [2.75, 3.05) is 29.1 Å². The topological polar surface area (TPSA) is 79.5 Å². The largest absolute Gasteiger partial charge is 0.494 e. The Balaban J connectivity index is 1.82. The number of nitrogens with one attached hydrogen (secondary N) is 3. The normalized spacial score (nSPS) is 11.1. The molecule has 0 spiro atoms. The predicted molar refractivity (Wildman–Crippen MR) is 123 cm³/mol. The lowest BCUT2D eigenvalue weighted by atomic mass is 9.95. The van der Waals surface area contributed by atoms with Gasteiger partial charge in [0, 0.05) is 22.5 Å². The van der Waals surface area contributed by atoms with Crippen LogP contribution in [0.5, 0.6) is 5.75 Å². The highest BCUT2D eigenvalue weighted by Gasteiger charge is 2.21. The molecule has 6 nitrogen and oxygen atoms in total. The zero-order valence-electron chi connectivity index (χ0n) is 18.5. The third kappa shape index (κ3) is 8.15. The van der Waals surface area contributed by atoms with Crippen molar-refractivity contribution in [1.29, 1.82) is 0 Å². The van der Waals surface area contributed by atoms with E-state index in [0.29, 0.717) is 23.9 Å².